The minimum Gasteiger partial charge on any atom is -0.489 e. The molecule has 340 valence electrons. The molecule has 0 aliphatic heterocycles. The fourth-order valence-electron chi connectivity index (χ4n) is 6.04. The molecule has 0 bridgehead atoms. The minimum absolute atomic E-state index is 0.00753. The van der Waals surface area contributed by atoms with Crippen molar-refractivity contribution in [3.63, 3.8) is 0 Å². The summed E-state index contributed by atoms with van der Waals surface area (Å²) in [6.45, 7) is 2.98. The van der Waals surface area contributed by atoms with Gasteiger partial charge in [0.25, 0.3) is 10.2 Å². The van der Waals surface area contributed by atoms with Gasteiger partial charge in [0, 0.05) is 63.8 Å². The highest BCUT2D eigenvalue weighted by Gasteiger charge is 2.20. The Morgan fingerprint density at radius 2 is 1.09 bits per heavy atom. The molecule has 64 heavy (non-hydrogen) atoms. The second-order valence-electron chi connectivity index (χ2n) is 13.9. The van der Waals surface area contributed by atoms with Gasteiger partial charge >= 0.3 is 11.9 Å². The quantitative estimate of drug-likeness (QED) is 0.0155. The molecule has 0 aliphatic carbocycles. The minimum atomic E-state index is -0.981. The molecule has 4 rings (SSSR count). The molecular weight excluding hydrogens is 844 g/mol. The van der Waals surface area contributed by atoms with Crippen LogP contribution in [0.3, 0.4) is 0 Å². The molecule has 4 atom stereocenters. The van der Waals surface area contributed by atoms with Crippen molar-refractivity contribution in [1.29, 1.82) is 10.5 Å². The lowest BCUT2D eigenvalue weighted by molar-refractivity contribution is -0.767. The van der Waals surface area contributed by atoms with Gasteiger partial charge in [0.2, 0.25) is 11.8 Å². The number of nitrogens with one attached hydrogen (secondary N) is 6. The smallest absolute Gasteiger partial charge is 0.331 e. The third-order valence-corrected chi connectivity index (χ3v) is 8.82. The van der Waals surface area contributed by atoms with Gasteiger partial charge in [-0.15, -0.1) is 20.2 Å². The molecular formula is C40H46N10O14. The van der Waals surface area contributed by atoms with Gasteiger partial charge in [-0.05, 0) is 38.1 Å². The Kier molecular flexibility index (Phi) is 19.1. The molecule has 0 fully saturated rings. The van der Waals surface area contributed by atoms with Gasteiger partial charge in [-0.1, -0.05) is 12.1 Å². The number of carbonyl (C=O) groups is 4. The van der Waals surface area contributed by atoms with Crippen molar-refractivity contribution in [2.45, 2.75) is 51.1 Å². The zero-order chi connectivity index (χ0) is 46.4. The van der Waals surface area contributed by atoms with Crippen LogP contribution in [0.15, 0.2) is 60.9 Å². The Morgan fingerprint density at radius 1 is 0.688 bits per heavy atom. The summed E-state index contributed by atoms with van der Waals surface area (Å²) in [6.07, 6.45) is 0.436. The number of aromatic nitrogens is 2. The first-order chi connectivity index (χ1) is 30.8. The molecule has 4 aromatic rings. The largest absolute Gasteiger partial charge is 0.489 e. The topological polar surface area (TPSA) is 337 Å². The number of hydrogen-bond acceptors (Lipinski definition) is 18. The first kappa shape index (κ1) is 48.7. The molecule has 24 heteroatoms. The van der Waals surface area contributed by atoms with Crippen molar-refractivity contribution >= 4 is 45.6 Å². The maximum absolute atomic E-state index is 13.1. The molecule has 2 amide bonds. The fourth-order valence-corrected chi connectivity index (χ4v) is 6.04. The van der Waals surface area contributed by atoms with E-state index in [0.717, 1.165) is 12.2 Å². The van der Waals surface area contributed by atoms with E-state index in [4.69, 9.17) is 18.9 Å². The Balaban J connectivity index is 1.37. The zero-order valence-electron chi connectivity index (χ0n) is 34.7. The van der Waals surface area contributed by atoms with Crippen LogP contribution in [0.25, 0.3) is 21.8 Å². The molecule has 0 aliphatic rings. The molecule has 0 saturated heterocycles. The first-order valence-electron chi connectivity index (χ1n) is 19.7. The van der Waals surface area contributed by atoms with Crippen LogP contribution in [0.4, 0.5) is 0 Å². The average molecular weight is 891 g/mol. The predicted octanol–water partition coefficient (Wildman–Crippen LogP) is 1.62. The highest BCUT2D eigenvalue weighted by molar-refractivity contribution is 5.93. The van der Waals surface area contributed by atoms with Crippen LogP contribution in [0.1, 0.15) is 37.8 Å². The van der Waals surface area contributed by atoms with Crippen molar-refractivity contribution in [2.75, 3.05) is 52.5 Å². The summed E-state index contributed by atoms with van der Waals surface area (Å²) in [5.74, 6) is -2.18. The maximum Gasteiger partial charge on any atom is 0.331 e. The molecule has 2 aromatic carbocycles. The van der Waals surface area contributed by atoms with E-state index in [-0.39, 0.29) is 65.3 Å². The number of fused-ring (bicyclic) bond motifs is 2. The summed E-state index contributed by atoms with van der Waals surface area (Å²) in [4.78, 5) is 86.1. The lowest BCUT2D eigenvalue weighted by Gasteiger charge is -2.20. The predicted molar refractivity (Wildman–Crippen MR) is 222 cm³/mol. The zero-order valence-corrected chi connectivity index (χ0v) is 34.7. The van der Waals surface area contributed by atoms with E-state index < -0.39 is 58.3 Å². The second kappa shape index (κ2) is 25.1. The number of aromatic amines is 2. The van der Waals surface area contributed by atoms with Crippen LogP contribution in [-0.2, 0) is 38.3 Å². The van der Waals surface area contributed by atoms with Crippen molar-refractivity contribution in [3.05, 3.63) is 92.3 Å². The number of carbonyl (C=O) groups excluding carboxylic acids is 4. The summed E-state index contributed by atoms with van der Waals surface area (Å²) in [5.41, 5.74) is 1.95. The van der Waals surface area contributed by atoms with Crippen LogP contribution in [0.2, 0.25) is 0 Å². The Hall–Kier alpha value is -7.96. The number of hydrogen-bond donors (Lipinski definition) is 6. The highest BCUT2D eigenvalue weighted by Crippen LogP contribution is 2.29. The van der Waals surface area contributed by atoms with Crippen molar-refractivity contribution in [1.82, 2.24) is 31.2 Å². The summed E-state index contributed by atoms with van der Waals surface area (Å²) >= 11 is 0. The van der Waals surface area contributed by atoms with E-state index in [2.05, 4.69) is 53.0 Å². The Labute approximate surface area is 364 Å². The lowest BCUT2D eigenvalue weighted by atomic mass is 10.1. The van der Waals surface area contributed by atoms with Crippen LogP contribution in [-0.4, -0.2) is 121 Å². The number of benzene rings is 2. The van der Waals surface area contributed by atoms with Crippen LogP contribution >= 0.6 is 0 Å². The van der Waals surface area contributed by atoms with E-state index in [0.29, 0.717) is 44.4 Å². The molecule has 2 heterocycles. The molecule has 2 aromatic heterocycles. The summed E-state index contributed by atoms with van der Waals surface area (Å²) in [5, 5.41) is 50.5. The molecule has 0 spiro atoms. The number of ether oxygens (including phenoxy) is 4. The van der Waals surface area contributed by atoms with E-state index >= 15 is 0 Å². The standard InChI is InChI=1S/C40H46N10O14/c1-25(63-49(55)56)15-35(51)45-13-11-43-21-29(23-59-33-7-3-5-31-39(33)27(17-41)19-47-31)61-37(53)9-10-38(54)62-30(22-44-12-14-46-36(52)16-26(2)64-50(57)58)24-60-34-8-4-6-32-40(34)28(18-42)20-48-32/h3-10,19-20,25-26,29-30,43-44,47-48H,11-16,21-24H2,1-2H3,(H,45,51)(H,46,52)/b10-9+. The van der Waals surface area contributed by atoms with E-state index in [9.17, 15) is 49.9 Å². The number of nitriles is 2. The number of esters is 2. The molecule has 0 saturated carbocycles. The number of H-pyrrole nitrogens is 2. The highest BCUT2D eigenvalue weighted by atomic mass is 17.0. The number of amides is 2. The molecule has 4 unspecified atom stereocenters. The maximum atomic E-state index is 13.1. The normalized spacial score (nSPS) is 12.8. The van der Waals surface area contributed by atoms with Crippen molar-refractivity contribution in [3.8, 4) is 23.6 Å². The monoisotopic (exact) mass is 890 g/mol. The summed E-state index contributed by atoms with van der Waals surface area (Å²) < 4.78 is 23.2. The third kappa shape index (κ3) is 16.1. The van der Waals surface area contributed by atoms with Gasteiger partial charge in [-0.3, -0.25) is 9.59 Å². The SMILES string of the molecule is CC(CC(=O)NCCNCC(COc1cccc2[nH]cc(C#N)c12)OC(=O)/C=C/C(=O)OC(CNCCNC(=O)CC(C)O[N+](=O)[O-])COc1cccc2[nH]cc(C#N)c12)O[N+](=O)[O-]. The van der Waals surface area contributed by atoms with Crippen LogP contribution < -0.4 is 30.7 Å². The second-order valence-corrected chi connectivity index (χ2v) is 13.9. The van der Waals surface area contributed by atoms with E-state index in [1.807, 2.05) is 0 Å². The van der Waals surface area contributed by atoms with E-state index in [1.54, 1.807) is 36.4 Å². The van der Waals surface area contributed by atoms with Gasteiger partial charge in [0.15, 0.2) is 0 Å². The molecule has 24 nitrogen and oxygen atoms in total. The van der Waals surface area contributed by atoms with Crippen LogP contribution in [0, 0.1) is 42.9 Å². The van der Waals surface area contributed by atoms with Gasteiger partial charge in [-0.25, -0.2) is 9.59 Å². The van der Waals surface area contributed by atoms with Crippen molar-refractivity contribution in [2.24, 2.45) is 0 Å². The summed E-state index contributed by atoms with van der Waals surface area (Å²) in [7, 11) is 0. The number of nitrogens with zero attached hydrogens (tertiary/aromatic N) is 4. The molecule has 6 N–H and O–H groups in total. The Bertz CT molecular complexity index is 2210. The fraction of sp³-hybridized carbons (Fsp3) is 0.400. The molecule has 0 radical (unpaired) electrons. The van der Waals surface area contributed by atoms with Gasteiger partial charge in [0.1, 0.15) is 61.3 Å². The average Bonchev–Trinajstić information content (AvgIpc) is 3.87. The van der Waals surface area contributed by atoms with Crippen LogP contribution in [0.5, 0.6) is 11.5 Å². The van der Waals surface area contributed by atoms with E-state index in [1.165, 1.54) is 26.2 Å². The van der Waals surface area contributed by atoms with Gasteiger partial charge in [0.05, 0.1) is 45.8 Å². The Morgan fingerprint density at radius 3 is 1.47 bits per heavy atom. The van der Waals surface area contributed by atoms with Gasteiger partial charge < -0.3 is 59.9 Å². The first-order valence-corrected chi connectivity index (χ1v) is 19.7. The van der Waals surface area contributed by atoms with Crippen molar-refractivity contribution < 1.29 is 58.0 Å². The van der Waals surface area contributed by atoms with Gasteiger partial charge in [-0.2, -0.15) is 10.5 Å². The lowest BCUT2D eigenvalue weighted by Crippen LogP contribution is -2.39. The summed E-state index contributed by atoms with van der Waals surface area (Å²) in [6, 6.07) is 14.4. The third-order valence-electron chi connectivity index (χ3n) is 8.82. The number of rotatable bonds is 28.